The lowest BCUT2D eigenvalue weighted by molar-refractivity contribution is -0.136. The van der Waals surface area contributed by atoms with E-state index < -0.39 is 11.9 Å². The molecule has 0 amide bonds. The Bertz CT molecular complexity index is 322. The van der Waals surface area contributed by atoms with Gasteiger partial charge in [-0.05, 0) is 0 Å². The maximum absolute atomic E-state index is 11.0. The molecular formula is C12H16O6. The molecule has 0 bridgehead atoms. The Morgan fingerprint density at radius 1 is 0.889 bits per heavy atom. The zero-order valence-corrected chi connectivity index (χ0v) is 9.92. The Hall–Kier alpha value is -2.24. The monoisotopic (exact) mass is 256 g/mol. The molecule has 0 aromatic rings. The van der Waals surface area contributed by atoms with Crippen LogP contribution in [0.25, 0.3) is 0 Å². The van der Waals surface area contributed by atoms with Gasteiger partial charge >= 0.3 is 11.9 Å². The van der Waals surface area contributed by atoms with E-state index in [2.05, 4.69) is 13.2 Å². The second-order valence-electron chi connectivity index (χ2n) is 3.14. The van der Waals surface area contributed by atoms with Crippen LogP contribution in [0.1, 0.15) is 12.8 Å². The fraction of sp³-hybridized carbons (Fsp3) is 0.333. The predicted octanol–water partition coefficient (Wildman–Crippen LogP) is 1.55. The lowest BCUT2D eigenvalue weighted by atomic mass is 10.0. The number of rotatable bonds is 10. The van der Waals surface area contributed by atoms with E-state index in [1.165, 1.54) is 12.5 Å². The molecule has 0 aliphatic heterocycles. The van der Waals surface area contributed by atoms with Crippen molar-refractivity contribution < 1.29 is 29.3 Å². The topological polar surface area (TPSA) is 93.1 Å². The van der Waals surface area contributed by atoms with Crippen molar-refractivity contribution in [3.63, 3.8) is 0 Å². The smallest absolute Gasteiger partial charge is 0.332 e. The third kappa shape index (κ3) is 5.74. The Morgan fingerprint density at radius 2 is 1.22 bits per heavy atom. The van der Waals surface area contributed by atoms with Gasteiger partial charge in [0.05, 0.1) is 36.9 Å². The molecule has 0 aliphatic carbocycles. The van der Waals surface area contributed by atoms with Crippen molar-refractivity contribution in [2.24, 2.45) is 0 Å². The van der Waals surface area contributed by atoms with E-state index in [4.69, 9.17) is 19.7 Å². The molecule has 0 fully saturated rings. The van der Waals surface area contributed by atoms with Gasteiger partial charge < -0.3 is 19.7 Å². The van der Waals surface area contributed by atoms with Crippen LogP contribution in [0, 0.1) is 0 Å². The van der Waals surface area contributed by atoms with Crippen molar-refractivity contribution in [2.75, 3.05) is 13.2 Å². The summed E-state index contributed by atoms with van der Waals surface area (Å²) in [7, 11) is 0. The molecule has 0 aromatic heterocycles. The van der Waals surface area contributed by atoms with Crippen molar-refractivity contribution in [2.45, 2.75) is 12.8 Å². The predicted molar refractivity (Wildman–Crippen MR) is 63.8 cm³/mol. The number of carboxylic acids is 2. The summed E-state index contributed by atoms with van der Waals surface area (Å²) in [4.78, 5) is 22.0. The normalized spacial score (nSPS) is 11.1. The van der Waals surface area contributed by atoms with Gasteiger partial charge in [0.15, 0.2) is 0 Å². The molecular weight excluding hydrogens is 240 g/mol. The van der Waals surface area contributed by atoms with Gasteiger partial charge in [-0.2, -0.15) is 0 Å². The molecule has 0 rings (SSSR count). The second-order valence-corrected chi connectivity index (χ2v) is 3.14. The quantitative estimate of drug-likeness (QED) is 0.350. The third-order valence-corrected chi connectivity index (χ3v) is 2.06. The van der Waals surface area contributed by atoms with Crippen LogP contribution in [0.3, 0.4) is 0 Å². The highest BCUT2D eigenvalue weighted by molar-refractivity contribution is 5.98. The van der Waals surface area contributed by atoms with Crippen molar-refractivity contribution in [3.8, 4) is 0 Å². The third-order valence-electron chi connectivity index (χ3n) is 2.06. The first kappa shape index (κ1) is 15.8. The van der Waals surface area contributed by atoms with Gasteiger partial charge in [0.2, 0.25) is 0 Å². The van der Waals surface area contributed by atoms with Crippen LogP contribution in [0.5, 0.6) is 0 Å². The molecule has 0 radical (unpaired) electrons. The van der Waals surface area contributed by atoms with Crippen molar-refractivity contribution in [1.29, 1.82) is 0 Å². The largest absolute Gasteiger partial charge is 0.501 e. The first-order valence-corrected chi connectivity index (χ1v) is 5.18. The molecule has 0 atom stereocenters. The minimum atomic E-state index is -1.28. The molecule has 18 heavy (non-hydrogen) atoms. The molecule has 6 nitrogen and oxygen atoms in total. The molecule has 2 N–H and O–H groups in total. The first-order valence-electron chi connectivity index (χ1n) is 5.18. The fourth-order valence-corrected chi connectivity index (χ4v) is 1.26. The lowest BCUT2D eigenvalue weighted by Gasteiger charge is -2.09. The minimum absolute atomic E-state index is 0.0168. The summed E-state index contributed by atoms with van der Waals surface area (Å²) >= 11 is 0. The van der Waals surface area contributed by atoms with Crippen molar-refractivity contribution in [3.05, 3.63) is 36.8 Å². The molecule has 0 saturated heterocycles. The average Bonchev–Trinajstić information content (AvgIpc) is 2.31. The molecule has 6 heteroatoms. The van der Waals surface area contributed by atoms with Gasteiger partial charge in [-0.3, -0.25) is 0 Å². The van der Waals surface area contributed by atoms with Crippen LogP contribution in [0.2, 0.25) is 0 Å². The van der Waals surface area contributed by atoms with Crippen LogP contribution < -0.4 is 0 Å². The number of hydrogen-bond donors (Lipinski definition) is 2. The molecule has 0 heterocycles. The Morgan fingerprint density at radius 3 is 1.44 bits per heavy atom. The number of carbonyl (C=O) groups is 2. The highest BCUT2D eigenvalue weighted by Crippen LogP contribution is 2.14. The average molecular weight is 256 g/mol. The summed E-state index contributed by atoms with van der Waals surface area (Å²) in [5.41, 5.74) is -0.394. The summed E-state index contributed by atoms with van der Waals surface area (Å²) < 4.78 is 9.59. The zero-order valence-electron chi connectivity index (χ0n) is 9.92. The van der Waals surface area contributed by atoms with Gasteiger partial charge in [-0.25, -0.2) is 9.59 Å². The molecule has 0 spiro atoms. The van der Waals surface area contributed by atoms with Gasteiger partial charge in [-0.15, -0.1) is 0 Å². The zero-order chi connectivity index (χ0) is 14.0. The highest BCUT2D eigenvalue weighted by atomic mass is 16.5. The minimum Gasteiger partial charge on any atom is -0.501 e. The van der Waals surface area contributed by atoms with Crippen molar-refractivity contribution in [1.82, 2.24) is 0 Å². The summed E-state index contributed by atoms with van der Waals surface area (Å²) in [5.74, 6) is -2.56. The SMILES string of the molecule is C=COCC/C(C(=O)O)=C(\CCOC=C)C(=O)O. The first-order chi connectivity index (χ1) is 8.54. The van der Waals surface area contributed by atoms with E-state index in [0.29, 0.717) is 0 Å². The maximum Gasteiger partial charge on any atom is 0.332 e. The van der Waals surface area contributed by atoms with Gasteiger partial charge in [0.25, 0.3) is 0 Å². The molecule has 0 aromatic carbocycles. The maximum atomic E-state index is 11.0. The van der Waals surface area contributed by atoms with Crippen LogP contribution in [0.4, 0.5) is 0 Å². The van der Waals surface area contributed by atoms with E-state index in [0.717, 1.165) is 0 Å². The molecule has 100 valence electrons. The summed E-state index contributed by atoms with van der Waals surface area (Å²) in [6.07, 6.45) is 2.30. The van der Waals surface area contributed by atoms with Gasteiger partial charge in [0.1, 0.15) is 0 Å². The van der Waals surface area contributed by atoms with Crippen LogP contribution in [-0.2, 0) is 19.1 Å². The second kappa shape index (κ2) is 8.86. The Labute approximate surface area is 105 Å². The van der Waals surface area contributed by atoms with E-state index >= 15 is 0 Å². The van der Waals surface area contributed by atoms with Crippen LogP contribution >= 0.6 is 0 Å². The Balaban J connectivity index is 4.91. The fourth-order valence-electron chi connectivity index (χ4n) is 1.26. The number of aliphatic carboxylic acids is 2. The van der Waals surface area contributed by atoms with Gasteiger partial charge in [0, 0.05) is 12.8 Å². The molecule has 0 saturated carbocycles. The Kier molecular flexibility index (Phi) is 7.76. The lowest BCUT2D eigenvalue weighted by Crippen LogP contribution is -2.14. The summed E-state index contributed by atoms with van der Waals surface area (Å²) in [5, 5.41) is 18.0. The summed E-state index contributed by atoms with van der Waals surface area (Å²) in [6.45, 7) is 6.74. The summed E-state index contributed by atoms with van der Waals surface area (Å²) in [6, 6.07) is 0. The molecule has 0 aliphatic rings. The van der Waals surface area contributed by atoms with Crippen LogP contribution in [-0.4, -0.2) is 35.4 Å². The van der Waals surface area contributed by atoms with Gasteiger partial charge in [-0.1, -0.05) is 13.2 Å². The standard InChI is InChI=1S/C12H16O6/c1-3-17-7-5-9(11(13)14)10(12(15)16)6-8-18-4-2/h3-4H,1-2,5-8H2,(H,13,14)(H,15,16)/b10-9-. The number of ether oxygens (including phenoxy) is 2. The molecule has 0 unspecified atom stereocenters. The van der Waals surface area contributed by atoms with Crippen LogP contribution in [0.15, 0.2) is 36.8 Å². The highest BCUT2D eigenvalue weighted by Gasteiger charge is 2.19. The van der Waals surface area contributed by atoms with E-state index in [1.807, 2.05) is 0 Å². The number of carboxylic acid groups (broad SMARTS) is 2. The van der Waals surface area contributed by atoms with E-state index in [-0.39, 0.29) is 37.2 Å². The van der Waals surface area contributed by atoms with E-state index in [1.54, 1.807) is 0 Å². The van der Waals surface area contributed by atoms with E-state index in [9.17, 15) is 9.59 Å². The number of hydrogen-bond acceptors (Lipinski definition) is 4. The van der Waals surface area contributed by atoms with Crippen molar-refractivity contribution >= 4 is 11.9 Å².